The van der Waals surface area contributed by atoms with Crippen LogP contribution in [0, 0.1) is 6.92 Å². The third kappa shape index (κ3) is 2.80. The minimum Gasteiger partial charge on any atom is -0.293 e. The van der Waals surface area contributed by atoms with Crippen molar-refractivity contribution < 1.29 is 0 Å². The number of benzene rings is 1. The van der Waals surface area contributed by atoms with Crippen LogP contribution in [-0.2, 0) is 6.42 Å². The van der Waals surface area contributed by atoms with Gasteiger partial charge in [0, 0.05) is 17.3 Å². The van der Waals surface area contributed by atoms with E-state index in [0.29, 0.717) is 0 Å². The number of aryl methyl sites for hydroxylation is 1. The van der Waals surface area contributed by atoms with Crippen LogP contribution in [0.25, 0.3) is 0 Å². The van der Waals surface area contributed by atoms with Crippen molar-refractivity contribution in [1.82, 2.24) is 4.90 Å². The van der Waals surface area contributed by atoms with Crippen LogP contribution in [0.2, 0.25) is 0 Å². The van der Waals surface area contributed by atoms with Gasteiger partial charge in [-0.25, -0.2) is 0 Å². The first-order valence-electron chi connectivity index (χ1n) is 6.25. The van der Waals surface area contributed by atoms with Crippen molar-refractivity contribution in [3.05, 3.63) is 29.3 Å². The fourth-order valence-corrected chi connectivity index (χ4v) is 3.39. The van der Waals surface area contributed by atoms with Gasteiger partial charge < -0.3 is 0 Å². The van der Waals surface area contributed by atoms with E-state index in [1.807, 2.05) is 11.8 Å². The third-order valence-electron chi connectivity index (χ3n) is 3.21. The van der Waals surface area contributed by atoms with Crippen LogP contribution in [-0.4, -0.2) is 23.9 Å². The lowest BCUT2D eigenvalue weighted by Crippen LogP contribution is -2.25. The lowest BCUT2D eigenvalue weighted by Gasteiger charge is -2.18. The van der Waals surface area contributed by atoms with Gasteiger partial charge in [-0.1, -0.05) is 31.5 Å². The Balaban J connectivity index is 2.04. The normalized spacial score (nSPS) is 16.9. The number of rotatable bonds is 3. The van der Waals surface area contributed by atoms with Crippen LogP contribution in [0.1, 0.15) is 30.9 Å². The second-order valence-electron chi connectivity index (χ2n) is 4.56. The van der Waals surface area contributed by atoms with E-state index >= 15 is 0 Å². The summed E-state index contributed by atoms with van der Waals surface area (Å²) < 4.78 is 0. The first kappa shape index (κ1) is 12.0. The molecule has 0 aromatic heterocycles. The summed E-state index contributed by atoms with van der Waals surface area (Å²) in [6.07, 6.45) is 3.84. The van der Waals surface area contributed by atoms with Crippen molar-refractivity contribution in [1.29, 1.82) is 0 Å². The molecule has 1 aliphatic heterocycles. The van der Waals surface area contributed by atoms with E-state index < -0.39 is 0 Å². The standard InChI is InChI=1S/C14H21NS/c1-3-4-9-15-10-8-13-7-5-6-12(2)14(13)16-11-15/h5-7H,3-4,8-11H2,1-2H3. The fraction of sp³-hybridized carbons (Fsp3) is 0.571. The Kier molecular flexibility index (Phi) is 4.30. The van der Waals surface area contributed by atoms with Crippen molar-refractivity contribution in [3.8, 4) is 0 Å². The zero-order valence-corrected chi connectivity index (χ0v) is 11.1. The highest BCUT2D eigenvalue weighted by Crippen LogP contribution is 2.30. The molecular weight excluding hydrogens is 214 g/mol. The monoisotopic (exact) mass is 235 g/mol. The van der Waals surface area contributed by atoms with E-state index in [4.69, 9.17) is 0 Å². The molecule has 0 bridgehead atoms. The van der Waals surface area contributed by atoms with Gasteiger partial charge >= 0.3 is 0 Å². The van der Waals surface area contributed by atoms with E-state index in [-0.39, 0.29) is 0 Å². The van der Waals surface area contributed by atoms with Gasteiger partial charge in [0.2, 0.25) is 0 Å². The number of nitrogens with zero attached hydrogens (tertiary/aromatic N) is 1. The predicted molar refractivity (Wildman–Crippen MR) is 72.1 cm³/mol. The average Bonchev–Trinajstić information content (AvgIpc) is 2.50. The van der Waals surface area contributed by atoms with Crippen LogP contribution >= 0.6 is 11.8 Å². The molecule has 88 valence electrons. The molecule has 0 atom stereocenters. The first-order chi connectivity index (χ1) is 7.81. The molecule has 0 N–H and O–H groups in total. The summed E-state index contributed by atoms with van der Waals surface area (Å²) in [4.78, 5) is 4.12. The number of thioether (sulfide) groups is 1. The van der Waals surface area contributed by atoms with E-state index in [1.54, 1.807) is 5.56 Å². The Morgan fingerprint density at radius 1 is 1.38 bits per heavy atom. The Morgan fingerprint density at radius 3 is 3.06 bits per heavy atom. The SMILES string of the molecule is CCCCN1CCc2cccc(C)c2SC1. The maximum absolute atomic E-state index is 2.59. The topological polar surface area (TPSA) is 3.24 Å². The predicted octanol–water partition coefficient (Wildman–Crippen LogP) is 3.70. The molecule has 0 saturated carbocycles. The molecule has 0 spiro atoms. The van der Waals surface area contributed by atoms with Crippen LogP contribution in [0.3, 0.4) is 0 Å². The van der Waals surface area contributed by atoms with Crippen LogP contribution in [0.15, 0.2) is 23.1 Å². The molecule has 2 rings (SSSR count). The lowest BCUT2D eigenvalue weighted by atomic mass is 10.1. The molecule has 0 amide bonds. The zero-order chi connectivity index (χ0) is 11.4. The first-order valence-corrected chi connectivity index (χ1v) is 7.23. The molecule has 1 heterocycles. The molecule has 16 heavy (non-hydrogen) atoms. The molecule has 1 aromatic carbocycles. The van der Waals surface area contributed by atoms with E-state index in [2.05, 4.69) is 36.9 Å². The molecule has 0 fully saturated rings. The Hall–Kier alpha value is -0.470. The molecule has 0 unspecified atom stereocenters. The fourth-order valence-electron chi connectivity index (χ4n) is 2.17. The van der Waals surface area contributed by atoms with Crippen LogP contribution in [0.4, 0.5) is 0 Å². The Labute approximate surface area is 103 Å². The van der Waals surface area contributed by atoms with Gasteiger partial charge in [0.25, 0.3) is 0 Å². The summed E-state index contributed by atoms with van der Waals surface area (Å²) in [6.45, 7) is 6.98. The summed E-state index contributed by atoms with van der Waals surface area (Å²) in [6, 6.07) is 6.71. The van der Waals surface area contributed by atoms with Crippen LogP contribution in [0.5, 0.6) is 0 Å². The van der Waals surface area contributed by atoms with E-state index in [0.717, 1.165) is 5.88 Å². The lowest BCUT2D eigenvalue weighted by molar-refractivity contribution is 0.321. The van der Waals surface area contributed by atoms with Crippen molar-refractivity contribution in [2.75, 3.05) is 19.0 Å². The minimum atomic E-state index is 1.16. The van der Waals surface area contributed by atoms with Gasteiger partial charge in [-0.05, 0) is 37.4 Å². The highest BCUT2D eigenvalue weighted by molar-refractivity contribution is 7.99. The van der Waals surface area contributed by atoms with Gasteiger partial charge in [-0.15, -0.1) is 11.8 Å². The summed E-state index contributed by atoms with van der Waals surface area (Å²) in [7, 11) is 0. The molecular formula is C14H21NS. The zero-order valence-electron chi connectivity index (χ0n) is 10.3. The summed E-state index contributed by atoms with van der Waals surface area (Å²) in [5.74, 6) is 1.16. The Morgan fingerprint density at radius 2 is 2.25 bits per heavy atom. The molecule has 0 radical (unpaired) electrons. The van der Waals surface area contributed by atoms with Crippen LogP contribution < -0.4 is 0 Å². The molecule has 2 heteroatoms. The highest BCUT2D eigenvalue weighted by atomic mass is 32.2. The smallest absolute Gasteiger partial charge is 0.0491 e. The van der Waals surface area contributed by atoms with Crippen molar-refractivity contribution >= 4 is 11.8 Å². The molecule has 0 saturated heterocycles. The number of unbranched alkanes of at least 4 members (excludes halogenated alkanes) is 1. The number of hydrogen-bond donors (Lipinski definition) is 0. The van der Waals surface area contributed by atoms with E-state index in [1.165, 1.54) is 42.8 Å². The summed E-state index contributed by atoms with van der Waals surface area (Å²) in [5.41, 5.74) is 2.99. The third-order valence-corrected chi connectivity index (χ3v) is 4.58. The quantitative estimate of drug-likeness (QED) is 0.786. The van der Waals surface area contributed by atoms with Crippen molar-refractivity contribution in [2.24, 2.45) is 0 Å². The second-order valence-corrected chi connectivity index (χ2v) is 5.51. The maximum atomic E-state index is 2.59. The van der Waals surface area contributed by atoms with Crippen molar-refractivity contribution in [3.63, 3.8) is 0 Å². The van der Waals surface area contributed by atoms with Gasteiger partial charge in [0.15, 0.2) is 0 Å². The second kappa shape index (κ2) is 5.74. The van der Waals surface area contributed by atoms with Gasteiger partial charge in [0.1, 0.15) is 0 Å². The minimum absolute atomic E-state index is 1.16. The largest absolute Gasteiger partial charge is 0.293 e. The van der Waals surface area contributed by atoms with Crippen molar-refractivity contribution in [2.45, 2.75) is 38.0 Å². The molecule has 1 nitrogen and oxygen atoms in total. The number of fused-ring (bicyclic) bond motifs is 1. The molecule has 1 aliphatic rings. The summed E-state index contributed by atoms with van der Waals surface area (Å²) in [5, 5.41) is 0. The Bertz CT molecular complexity index is 349. The highest BCUT2D eigenvalue weighted by Gasteiger charge is 2.14. The molecule has 0 aliphatic carbocycles. The van der Waals surface area contributed by atoms with E-state index in [9.17, 15) is 0 Å². The number of hydrogen-bond acceptors (Lipinski definition) is 2. The maximum Gasteiger partial charge on any atom is 0.0491 e. The van der Waals surface area contributed by atoms with Gasteiger partial charge in [-0.3, -0.25) is 4.90 Å². The van der Waals surface area contributed by atoms with Gasteiger partial charge in [-0.2, -0.15) is 0 Å². The summed E-state index contributed by atoms with van der Waals surface area (Å²) >= 11 is 2.02. The average molecular weight is 235 g/mol. The molecule has 1 aromatic rings. The van der Waals surface area contributed by atoms with Gasteiger partial charge in [0.05, 0.1) is 0 Å².